The van der Waals surface area contributed by atoms with Crippen molar-refractivity contribution in [2.24, 2.45) is 0 Å². The van der Waals surface area contributed by atoms with Crippen LogP contribution >= 0.6 is 24.0 Å². The molecule has 0 fully saturated rings. The summed E-state index contributed by atoms with van der Waals surface area (Å²) in [6.07, 6.45) is 0.682. The molecule has 1 aromatic rings. The number of nitrogen functional groups attached to an aromatic ring is 1. The second-order valence-electron chi connectivity index (χ2n) is 1.89. The van der Waals surface area contributed by atoms with Crippen molar-refractivity contribution in [3.63, 3.8) is 0 Å². The van der Waals surface area contributed by atoms with Gasteiger partial charge in [0, 0.05) is 16.3 Å². The van der Waals surface area contributed by atoms with Crippen LogP contribution in [0.1, 0.15) is 10.4 Å². The zero-order chi connectivity index (χ0) is 7.56. The third kappa shape index (κ3) is 2.41. The fraction of sp³-hybridized carbons (Fsp3) is 0. The molecule has 0 unspecified atom stereocenters. The Kier molecular flexibility index (Phi) is 3.93. The number of hydrogen-bond donors (Lipinski definition) is 1. The molecule has 0 aliphatic heterocycles. The Balaban J connectivity index is 0.000001000. The Hall–Kier alpha value is -0.730. The minimum absolute atomic E-state index is 0. The molecule has 0 aliphatic rings. The predicted molar refractivity (Wildman–Crippen MR) is 48.5 cm³/mol. The van der Waals surface area contributed by atoms with E-state index >= 15 is 0 Å². The number of halogens is 2. The van der Waals surface area contributed by atoms with Crippen molar-refractivity contribution in [2.75, 3.05) is 5.73 Å². The first-order valence-electron chi connectivity index (χ1n) is 2.74. The Morgan fingerprint density at radius 1 is 1.45 bits per heavy atom. The van der Waals surface area contributed by atoms with Crippen LogP contribution in [-0.4, -0.2) is 6.29 Å². The summed E-state index contributed by atoms with van der Waals surface area (Å²) in [5, 5.41) is 0.524. The molecule has 0 atom stereocenters. The summed E-state index contributed by atoms with van der Waals surface area (Å²) in [6.45, 7) is 0. The van der Waals surface area contributed by atoms with Crippen LogP contribution in [0.2, 0.25) is 5.02 Å². The van der Waals surface area contributed by atoms with Gasteiger partial charge >= 0.3 is 0 Å². The number of nitrogens with two attached hydrogens (primary N) is 1. The molecule has 0 radical (unpaired) electrons. The largest absolute Gasteiger partial charge is 0.398 e. The topological polar surface area (TPSA) is 43.1 Å². The van der Waals surface area contributed by atoms with E-state index in [2.05, 4.69) is 0 Å². The van der Waals surface area contributed by atoms with Gasteiger partial charge in [0.25, 0.3) is 0 Å². The summed E-state index contributed by atoms with van der Waals surface area (Å²) in [6, 6.07) is 4.78. The van der Waals surface area contributed by atoms with Gasteiger partial charge in [-0.25, -0.2) is 0 Å². The highest BCUT2D eigenvalue weighted by Crippen LogP contribution is 2.15. The minimum Gasteiger partial charge on any atom is -0.398 e. The molecule has 2 nitrogen and oxygen atoms in total. The molecule has 60 valence electrons. The van der Waals surface area contributed by atoms with E-state index < -0.39 is 0 Å². The third-order valence-electron chi connectivity index (χ3n) is 1.18. The van der Waals surface area contributed by atoms with E-state index in [1.807, 2.05) is 0 Å². The number of hydrogen-bond acceptors (Lipinski definition) is 2. The maximum atomic E-state index is 10.2. The Labute approximate surface area is 75.8 Å². The van der Waals surface area contributed by atoms with Gasteiger partial charge in [-0.15, -0.1) is 12.4 Å². The molecule has 0 amide bonds. The molecule has 0 aliphatic carbocycles. The summed E-state index contributed by atoms with van der Waals surface area (Å²) in [7, 11) is 0. The Morgan fingerprint density at radius 2 is 2.09 bits per heavy atom. The number of benzene rings is 1. The lowest BCUT2D eigenvalue weighted by Gasteiger charge is -1.96. The quantitative estimate of drug-likeness (QED) is 0.547. The van der Waals surface area contributed by atoms with E-state index in [1.165, 1.54) is 6.07 Å². The SMILES string of the molecule is Cl.Nc1ccc(Cl)cc1C=O. The van der Waals surface area contributed by atoms with Crippen LogP contribution in [0.25, 0.3) is 0 Å². The molecule has 0 spiro atoms. The fourth-order valence-electron chi connectivity index (χ4n) is 0.648. The number of aldehydes is 1. The van der Waals surface area contributed by atoms with Crippen molar-refractivity contribution in [2.45, 2.75) is 0 Å². The summed E-state index contributed by atoms with van der Waals surface area (Å²) in [5.41, 5.74) is 6.31. The van der Waals surface area contributed by atoms with Gasteiger partial charge in [-0.05, 0) is 18.2 Å². The lowest BCUT2D eigenvalue weighted by atomic mass is 10.2. The summed E-state index contributed by atoms with van der Waals surface area (Å²) in [5.74, 6) is 0. The van der Waals surface area contributed by atoms with Crippen molar-refractivity contribution in [1.82, 2.24) is 0 Å². The van der Waals surface area contributed by atoms with Crippen LogP contribution in [0.15, 0.2) is 18.2 Å². The second kappa shape index (κ2) is 4.21. The molecular weight excluding hydrogens is 185 g/mol. The first kappa shape index (κ1) is 10.3. The lowest BCUT2D eigenvalue weighted by molar-refractivity contribution is 0.112. The fourth-order valence-corrected chi connectivity index (χ4v) is 0.828. The summed E-state index contributed by atoms with van der Waals surface area (Å²) < 4.78 is 0. The molecule has 1 rings (SSSR count). The van der Waals surface area contributed by atoms with Crippen LogP contribution in [-0.2, 0) is 0 Å². The molecule has 0 saturated carbocycles. The van der Waals surface area contributed by atoms with Crippen molar-refractivity contribution < 1.29 is 4.79 Å². The van der Waals surface area contributed by atoms with Gasteiger partial charge in [0.05, 0.1) is 0 Å². The average molecular weight is 192 g/mol. The Morgan fingerprint density at radius 3 is 2.55 bits per heavy atom. The lowest BCUT2D eigenvalue weighted by Crippen LogP contribution is -1.91. The molecule has 1 aromatic carbocycles. The van der Waals surface area contributed by atoms with Crippen LogP contribution in [0, 0.1) is 0 Å². The molecule has 0 aromatic heterocycles. The first-order valence-corrected chi connectivity index (χ1v) is 3.12. The molecule has 4 heteroatoms. The molecule has 0 bridgehead atoms. The first-order chi connectivity index (χ1) is 4.74. The predicted octanol–water partition coefficient (Wildman–Crippen LogP) is 2.16. The van der Waals surface area contributed by atoms with E-state index in [-0.39, 0.29) is 12.4 Å². The van der Waals surface area contributed by atoms with Gasteiger partial charge in [-0.1, -0.05) is 11.6 Å². The van der Waals surface area contributed by atoms with Crippen LogP contribution in [0.3, 0.4) is 0 Å². The van der Waals surface area contributed by atoms with E-state index in [1.54, 1.807) is 12.1 Å². The van der Waals surface area contributed by atoms with Gasteiger partial charge < -0.3 is 5.73 Å². The zero-order valence-electron chi connectivity index (χ0n) is 5.58. The minimum atomic E-state index is 0. The van der Waals surface area contributed by atoms with Gasteiger partial charge in [0.1, 0.15) is 0 Å². The molecule has 0 heterocycles. The number of carbonyl (C=O) groups excluding carboxylic acids is 1. The maximum Gasteiger partial charge on any atom is 0.152 e. The van der Waals surface area contributed by atoms with Crippen LogP contribution in [0.5, 0.6) is 0 Å². The van der Waals surface area contributed by atoms with Crippen molar-refractivity contribution in [3.05, 3.63) is 28.8 Å². The van der Waals surface area contributed by atoms with Gasteiger partial charge in [0.15, 0.2) is 6.29 Å². The normalized spacial score (nSPS) is 8.45. The molecule has 11 heavy (non-hydrogen) atoms. The second-order valence-corrected chi connectivity index (χ2v) is 2.33. The van der Waals surface area contributed by atoms with Gasteiger partial charge in [0.2, 0.25) is 0 Å². The number of anilines is 1. The number of rotatable bonds is 1. The highest BCUT2D eigenvalue weighted by molar-refractivity contribution is 6.31. The molecule has 0 saturated heterocycles. The highest BCUT2D eigenvalue weighted by Gasteiger charge is 1.96. The van der Waals surface area contributed by atoms with Crippen LogP contribution < -0.4 is 5.73 Å². The van der Waals surface area contributed by atoms with Gasteiger partial charge in [-0.3, -0.25) is 4.79 Å². The van der Waals surface area contributed by atoms with E-state index in [0.717, 1.165) is 0 Å². The highest BCUT2D eigenvalue weighted by atomic mass is 35.5. The molecular formula is C7H7Cl2NO. The monoisotopic (exact) mass is 191 g/mol. The summed E-state index contributed by atoms with van der Waals surface area (Å²) in [4.78, 5) is 10.2. The maximum absolute atomic E-state index is 10.2. The summed E-state index contributed by atoms with van der Waals surface area (Å²) >= 11 is 5.58. The van der Waals surface area contributed by atoms with Crippen molar-refractivity contribution in [3.8, 4) is 0 Å². The standard InChI is InChI=1S/C7H6ClNO.ClH/c8-6-1-2-7(9)5(3-6)4-10;/h1-4H,9H2;1H. The average Bonchev–Trinajstić information content (AvgIpc) is 1.94. The zero-order valence-corrected chi connectivity index (χ0v) is 7.15. The van der Waals surface area contributed by atoms with Crippen molar-refractivity contribution in [1.29, 1.82) is 0 Å². The number of carbonyl (C=O) groups is 1. The van der Waals surface area contributed by atoms with E-state index in [4.69, 9.17) is 17.3 Å². The Bertz CT molecular complexity index is 263. The molecule has 2 N–H and O–H groups in total. The van der Waals surface area contributed by atoms with E-state index in [0.29, 0.717) is 22.6 Å². The smallest absolute Gasteiger partial charge is 0.152 e. The van der Waals surface area contributed by atoms with Crippen LogP contribution in [0.4, 0.5) is 5.69 Å². The van der Waals surface area contributed by atoms with E-state index in [9.17, 15) is 4.79 Å². The third-order valence-corrected chi connectivity index (χ3v) is 1.41. The van der Waals surface area contributed by atoms with Crippen molar-refractivity contribution >= 4 is 36.0 Å². The van der Waals surface area contributed by atoms with Gasteiger partial charge in [-0.2, -0.15) is 0 Å².